The van der Waals surface area contributed by atoms with Crippen molar-refractivity contribution in [3.63, 3.8) is 0 Å². The standard InChI is InChI=1S/C19H22N6O4S.C17H20N6O2/c1-4-30(26,27)24-8-7-13(10-24)15-11-25-19(20-12-21-25)18(23-15)22-14-5-6-16(28-2)17(9-14)29-3;1-24-14-4-3-12(7-15(14)25-2)21-16-17-19-10-20-23(17)9-13(22-16)11-5-6-18-8-11/h4-6,9,11-13H,1,7-8,10H2,2-3H3,(H,22,23);3-4,7,9-11,18H,5-6,8H2,1-2H3,(H,21,22)/t13-;11-/m00/s1. The first-order chi connectivity index (χ1) is 26.7. The number of sulfonamides is 1. The summed E-state index contributed by atoms with van der Waals surface area (Å²) in [5, 5.41) is 19.4. The first-order valence-electron chi connectivity index (χ1n) is 17.5. The molecule has 0 bridgehead atoms. The molecule has 2 atom stereocenters. The van der Waals surface area contributed by atoms with Gasteiger partial charge in [-0.15, -0.1) is 0 Å². The first kappa shape index (κ1) is 37.3. The van der Waals surface area contributed by atoms with Gasteiger partial charge in [-0.1, -0.05) is 6.58 Å². The van der Waals surface area contributed by atoms with Crippen LogP contribution in [0.15, 0.2) is 73.4 Å². The van der Waals surface area contributed by atoms with Gasteiger partial charge in [-0.25, -0.2) is 37.4 Å². The molecule has 0 radical (unpaired) electrons. The normalized spacial score (nSPS) is 17.1. The molecule has 6 heterocycles. The lowest BCUT2D eigenvalue weighted by Crippen LogP contribution is -2.26. The van der Waals surface area contributed by atoms with Gasteiger partial charge >= 0.3 is 0 Å². The molecule has 8 rings (SSSR count). The van der Waals surface area contributed by atoms with E-state index >= 15 is 0 Å². The van der Waals surface area contributed by atoms with Crippen LogP contribution in [0, 0.1) is 0 Å². The van der Waals surface area contributed by atoms with E-state index in [1.807, 2.05) is 30.5 Å². The van der Waals surface area contributed by atoms with Crippen LogP contribution >= 0.6 is 0 Å². The topological polar surface area (TPSA) is 197 Å². The fourth-order valence-corrected chi connectivity index (χ4v) is 7.53. The van der Waals surface area contributed by atoms with Crippen molar-refractivity contribution in [2.45, 2.75) is 24.7 Å². The van der Waals surface area contributed by atoms with Crippen molar-refractivity contribution in [1.82, 2.24) is 48.8 Å². The number of nitrogens with zero attached hydrogens (tertiary/aromatic N) is 9. The van der Waals surface area contributed by atoms with Crippen LogP contribution in [0.1, 0.15) is 36.1 Å². The molecular weight excluding hydrogens is 729 g/mol. The maximum Gasteiger partial charge on any atom is 0.235 e. The summed E-state index contributed by atoms with van der Waals surface area (Å²) in [6, 6.07) is 11.1. The summed E-state index contributed by atoms with van der Waals surface area (Å²) < 4.78 is 50.3. The number of fused-ring (bicyclic) bond motifs is 2. The van der Waals surface area contributed by atoms with Gasteiger partial charge in [-0.2, -0.15) is 14.5 Å². The quantitative estimate of drug-likeness (QED) is 0.161. The smallest absolute Gasteiger partial charge is 0.235 e. The minimum atomic E-state index is -3.45. The summed E-state index contributed by atoms with van der Waals surface area (Å²) in [4.78, 5) is 18.1. The third-order valence-corrected chi connectivity index (χ3v) is 10.9. The first-order valence-corrected chi connectivity index (χ1v) is 19.0. The number of ether oxygens (including phenoxy) is 4. The molecule has 0 aliphatic carbocycles. The Morgan fingerprint density at radius 2 is 1.29 bits per heavy atom. The van der Waals surface area contributed by atoms with Gasteiger partial charge in [0.05, 0.1) is 52.2 Å². The summed E-state index contributed by atoms with van der Waals surface area (Å²) >= 11 is 0. The molecule has 18 nitrogen and oxygen atoms in total. The molecule has 288 valence electrons. The van der Waals surface area contributed by atoms with E-state index < -0.39 is 10.0 Å². The average Bonchev–Trinajstić information content (AvgIpc) is 4.05. The molecule has 2 aliphatic heterocycles. The second-order valence-electron chi connectivity index (χ2n) is 12.7. The Kier molecular flexibility index (Phi) is 10.9. The fraction of sp³-hybridized carbons (Fsp3) is 0.333. The second-order valence-corrected chi connectivity index (χ2v) is 14.6. The molecule has 0 saturated carbocycles. The number of anilines is 4. The fourth-order valence-electron chi connectivity index (χ4n) is 6.57. The molecule has 0 unspecified atom stereocenters. The summed E-state index contributed by atoms with van der Waals surface area (Å²) in [6.45, 7) is 6.12. The third-order valence-electron chi connectivity index (χ3n) is 9.47. The zero-order valence-corrected chi connectivity index (χ0v) is 31.7. The van der Waals surface area contributed by atoms with Crippen molar-refractivity contribution in [1.29, 1.82) is 0 Å². The van der Waals surface area contributed by atoms with Crippen LogP contribution < -0.4 is 34.9 Å². The van der Waals surface area contributed by atoms with E-state index in [4.69, 9.17) is 28.9 Å². The molecule has 6 aromatic rings. The van der Waals surface area contributed by atoms with Crippen molar-refractivity contribution in [3.05, 3.63) is 84.8 Å². The Morgan fingerprint density at radius 3 is 1.76 bits per heavy atom. The SMILES string of the molecule is C=CS(=O)(=O)N1CC[C@H](c2cn3ncnc3c(Nc3ccc(OC)c(OC)c3)n2)C1.COc1ccc(Nc2nc([C@H]3CCNC3)cn3ncnc23)cc1OC. The second kappa shape index (κ2) is 16.1. The van der Waals surface area contributed by atoms with Crippen molar-refractivity contribution < 1.29 is 27.4 Å². The van der Waals surface area contributed by atoms with Crippen LogP contribution in [0.4, 0.5) is 23.0 Å². The molecule has 19 heteroatoms. The Hall–Kier alpha value is -6.05. The molecular formula is C36H42N12O6S. The minimum Gasteiger partial charge on any atom is -0.493 e. The number of hydrogen-bond acceptors (Lipinski definition) is 15. The van der Waals surface area contributed by atoms with E-state index in [1.54, 1.807) is 55.8 Å². The zero-order valence-electron chi connectivity index (χ0n) is 30.8. The molecule has 4 aromatic heterocycles. The molecule has 2 fully saturated rings. The van der Waals surface area contributed by atoms with Gasteiger partial charge in [0.25, 0.3) is 0 Å². The van der Waals surface area contributed by atoms with Crippen LogP contribution in [0.3, 0.4) is 0 Å². The molecule has 3 N–H and O–H groups in total. The van der Waals surface area contributed by atoms with E-state index in [0.717, 1.165) is 47.7 Å². The Bertz CT molecular complexity index is 2410. The van der Waals surface area contributed by atoms with Crippen molar-refractivity contribution in [2.24, 2.45) is 0 Å². The van der Waals surface area contributed by atoms with Crippen LogP contribution in [0.2, 0.25) is 0 Å². The van der Waals surface area contributed by atoms with E-state index in [9.17, 15) is 8.42 Å². The molecule has 2 aromatic carbocycles. The van der Waals surface area contributed by atoms with E-state index in [-0.39, 0.29) is 5.92 Å². The lowest BCUT2D eigenvalue weighted by atomic mass is 10.1. The predicted octanol–water partition coefficient (Wildman–Crippen LogP) is 4.11. The third kappa shape index (κ3) is 7.94. The van der Waals surface area contributed by atoms with Gasteiger partial charge in [-0.05, 0) is 43.7 Å². The highest BCUT2D eigenvalue weighted by Gasteiger charge is 2.32. The highest BCUT2D eigenvalue weighted by molar-refractivity contribution is 7.92. The maximum absolute atomic E-state index is 12.1. The van der Waals surface area contributed by atoms with Gasteiger partial charge in [0.2, 0.25) is 10.0 Å². The van der Waals surface area contributed by atoms with Crippen molar-refractivity contribution in [2.75, 3.05) is 65.3 Å². The predicted molar refractivity (Wildman–Crippen MR) is 205 cm³/mol. The van der Waals surface area contributed by atoms with Gasteiger partial charge in [-0.3, -0.25) is 0 Å². The van der Waals surface area contributed by atoms with E-state index in [0.29, 0.717) is 71.4 Å². The van der Waals surface area contributed by atoms with Crippen LogP contribution in [-0.4, -0.2) is 107 Å². The number of benzene rings is 2. The summed E-state index contributed by atoms with van der Waals surface area (Å²) in [6.07, 6.45) is 8.47. The number of aromatic nitrogens is 8. The van der Waals surface area contributed by atoms with Crippen molar-refractivity contribution in [3.8, 4) is 23.0 Å². The summed E-state index contributed by atoms with van der Waals surface area (Å²) in [5.74, 6) is 4.06. The molecule has 2 aliphatic rings. The van der Waals surface area contributed by atoms with Crippen molar-refractivity contribution >= 4 is 44.3 Å². The van der Waals surface area contributed by atoms with Gasteiger partial charge < -0.3 is 34.9 Å². The summed E-state index contributed by atoms with van der Waals surface area (Å²) in [5.41, 5.74) is 4.57. The average molecular weight is 771 g/mol. The zero-order chi connectivity index (χ0) is 38.5. The number of hydrogen-bond donors (Lipinski definition) is 3. The Labute approximate surface area is 317 Å². The van der Waals surface area contributed by atoms with Crippen LogP contribution in [0.5, 0.6) is 23.0 Å². The number of nitrogens with one attached hydrogen (secondary N) is 3. The molecule has 0 spiro atoms. The lowest BCUT2D eigenvalue weighted by molar-refractivity contribution is 0.355. The van der Waals surface area contributed by atoms with E-state index in [2.05, 4.69) is 42.7 Å². The van der Waals surface area contributed by atoms with Gasteiger partial charge in [0.1, 0.15) is 12.7 Å². The largest absolute Gasteiger partial charge is 0.493 e. The molecule has 55 heavy (non-hydrogen) atoms. The number of rotatable bonds is 12. The van der Waals surface area contributed by atoms with Crippen LogP contribution in [-0.2, 0) is 10.0 Å². The monoisotopic (exact) mass is 770 g/mol. The minimum absolute atomic E-state index is 0.0562. The summed E-state index contributed by atoms with van der Waals surface area (Å²) in [7, 11) is 2.93. The highest BCUT2D eigenvalue weighted by Crippen LogP contribution is 2.34. The maximum atomic E-state index is 12.1. The van der Waals surface area contributed by atoms with E-state index in [1.165, 1.54) is 17.0 Å². The van der Waals surface area contributed by atoms with Crippen LogP contribution in [0.25, 0.3) is 11.3 Å². The highest BCUT2D eigenvalue weighted by atomic mass is 32.2. The Morgan fingerprint density at radius 1 is 0.764 bits per heavy atom. The lowest BCUT2D eigenvalue weighted by Gasteiger charge is -2.15. The van der Waals surface area contributed by atoms with Gasteiger partial charge in [0, 0.05) is 60.4 Å². The van der Waals surface area contributed by atoms with Gasteiger partial charge in [0.15, 0.2) is 45.9 Å². The number of methoxy groups -OCH3 is 4. The Balaban J connectivity index is 0.000000172. The molecule has 2 saturated heterocycles. The molecule has 0 amide bonds.